The molecule has 176 valence electrons. The number of carbonyl (C=O) groups excluding carboxylic acids is 4. The maximum absolute atomic E-state index is 13.1. The second-order valence-corrected chi connectivity index (χ2v) is 11.0. The first-order valence-electron chi connectivity index (χ1n) is 11.3. The number of amides is 4. The van der Waals surface area contributed by atoms with Crippen molar-refractivity contribution >= 4 is 23.8 Å². The number of hydrogen-bond acceptors (Lipinski definition) is 5. The van der Waals surface area contributed by atoms with E-state index in [9.17, 15) is 19.2 Å². The van der Waals surface area contributed by atoms with Crippen molar-refractivity contribution in [1.82, 2.24) is 15.1 Å². The Morgan fingerprint density at radius 3 is 2.23 bits per heavy atom. The minimum absolute atomic E-state index is 0.0835. The molecule has 1 spiro atoms. The third-order valence-electron chi connectivity index (χ3n) is 5.79. The molecule has 1 saturated carbocycles. The summed E-state index contributed by atoms with van der Waals surface area (Å²) in [7, 11) is 0. The van der Waals surface area contributed by atoms with Crippen LogP contribution in [0.2, 0.25) is 0 Å². The quantitative estimate of drug-likeness (QED) is 0.465. The Morgan fingerprint density at radius 1 is 1.13 bits per heavy atom. The summed E-state index contributed by atoms with van der Waals surface area (Å²) in [6, 6.07) is -0.570. The first-order valence-corrected chi connectivity index (χ1v) is 11.3. The van der Waals surface area contributed by atoms with Gasteiger partial charge in [0, 0.05) is 13.1 Å². The number of esters is 1. The summed E-state index contributed by atoms with van der Waals surface area (Å²) in [6.45, 7) is 14.6. The molecule has 8 heteroatoms. The minimum Gasteiger partial charge on any atom is -0.454 e. The molecule has 2 atom stereocenters. The van der Waals surface area contributed by atoms with E-state index in [2.05, 4.69) is 26.1 Å². The van der Waals surface area contributed by atoms with Crippen LogP contribution < -0.4 is 5.32 Å². The van der Waals surface area contributed by atoms with Crippen molar-refractivity contribution in [2.75, 3.05) is 26.2 Å². The third-order valence-corrected chi connectivity index (χ3v) is 5.79. The van der Waals surface area contributed by atoms with Crippen LogP contribution in [0.5, 0.6) is 0 Å². The topological polar surface area (TPSA) is 96.0 Å². The van der Waals surface area contributed by atoms with Crippen molar-refractivity contribution in [3.63, 3.8) is 0 Å². The fourth-order valence-corrected chi connectivity index (χ4v) is 5.22. The van der Waals surface area contributed by atoms with E-state index in [1.54, 1.807) is 4.90 Å². The standard InChI is InChI=1S/C23H39N3O5/c1-15(2)10-25(11-16(3)4)18(27)13-31-19(28)12-26-20(29)23(24-21(26)30)9-17(5)8-22(6,7)14-23/h15-17H,8-14H2,1-7H3,(H,24,30)/t17-,23+/m1/s1. The van der Waals surface area contributed by atoms with E-state index in [0.29, 0.717) is 37.8 Å². The summed E-state index contributed by atoms with van der Waals surface area (Å²) in [5, 5.41) is 2.84. The molecule has 1 aliphatic carbocycles. The molecule has 2 fully saturated rings. The third kappa shape index (κ3) is 6.43. The molecule has 1 N–H and O–H groups in total. The Hall–Kier alpha value is -2.12. The van der Waals surface area contributed by atoms with Gasteiger partial charge in [-0.3, -0.25) is 19.3 Å². The van der Waals surface area contributed by atoms with Gasteiger partial charge in [-0.15, -0.1) is 0 Å². The van der Waals surface area contributed by atoms with Gasteiger partial charge in [0.2, 0.25) is 0 Å². The van der Waals surface area contributed by atoms with E-state index in [4.69, 9.17) is 4.74 Å². The van der Waals surface area contributed by atoms with E-state index in [1.165, 1.54) is 0 Å². The summed E-state index contributed by atoms with van der Waals surface area (Å²) in [5.74, 6) is -0.532. The Labute approximate surface area is 186 Å². The molecule has 0 unspecified atom stereocenters. The number of carbonyl (C=O) groups is 4. The molecule has 1 heterocycles. The average Bonchev–Trinajstić information content (AvgIpc) is 2.79. The van der Waals surface area contributed by atoms with Gasteiger partial charge in [-0.25, -0.2) is 4.79 Å². The van der Waals surface area contributed by atoms with Crippen molar-refractivity contribution < 1.29 is 23.9 Å². The van der Waals surface area contributed by atoms with E-state index >= 15 is 0 Å². The zero-order valence-corrected chi connectivity index (χ0v) is 20.1. The Morgan fingerprint density at radius 2 is 1.71 bits per heavy atom. The van der Waals surface area contributed by atoms with Crippen LogP contribution in [0.3, 0.4) is 0 Å². The van der Waals surface area contributed by atoms with Crippen LogP contribution in [0.4, 0.5) is 4.79 Å². The van der Waals surface area contributed by atoms with Gasteiger partial charge in [0.25, 0.3) is 11.8 Å². The SMILES string of the molecule is CC(C)CN(CC(C)C)C(=O)COC(=O)CN1C(=O)N[C@]2(C[C@H](C)CC(C)(C)C2)C1=O. The van der Waals surface area contributed by atoms with Crippen LogP contribution in [-0.2, 0) is 19.1 Å². The lowest BCUT2D eigenvalue weighted by atomic mass is 9.64. The number of urea groups is 1. The van der Waals surface area contributed by atoms with Gasteiger partial charge in [0.1, 0.15) is 12.1 Å². The fraction of sp³-hybridized carbons (Fsp3) is 0.826. The Bertz CT molecular complexity index is 708. The summed E-state index contributed by atoms with van der Waals surface area (Å²) >= 11 is 0. The monoisotopic (exact) mass is 437 g/mol. The fourth-order valence-electron chi connectivity index (χ4n) is 5.22. The lowest BCUT2D eigenvalue weighted by Gasteiger charge is -2.43. The Balaban J connectivity index is 1.97. The molecule has 4 amide bonds. The predicted octanol–water partition coefficient (Wildman–Crippen LogP) is 2.81. The van der Waals surface area contributed by atoms with Crippen LogP contribution in [-0.4, -0.2) is 65.4 Å². The second kappa shape index (κ2) is 9.57. The highest BCUT2D eigenvalue weighted by Crippen LogP contribution is 2.46. The predicted molar refractivity (Wildman–Crippen MR) is 117 cm³/mol. The molecule has 0 aromatic rings. The molecule has 0 aromatic heterocycles. The normalized spacial score (nSPS) is 25.3. The molecule has 2 aliphatic rings. The molecular weight excluding hydrogens is 398 g/mol. The van der Waals surface area contributed by atoms with Crippen LogP contribution in [0.15, 0.2) is 0 Å². The maximum Gasteiger partial charge on any atom is 0.326 e. The summed E-state index contributed by atoms with van der Waals surface area (Å²) in [5.41, 5.74) is -1.04. The number of rotatable bonds is 8. The van der Waals surface area contributed by atoms with Gasteiger partial charge in [-0.05, 0) is 42.4 Å². The van der Waals surface area contributed by atoms with Crippen molar-refractivity contribution in [2.24, 2.45) is 23.2 Å². The molecular formula is C23H39N3O5. The molecule has 0 radical (unpaired) electrons. The lowest BCUT2D eigenvalue weighted by molar-refractivity contribution is -0.154. The van der Waals surface area contributed by atoms with Crippen LogP contribution >= 0.6 is 0 Å². The summed E-state index contributed by atoms with van der Waals surface area (Å²) in [6.07, 6.45) is 2.08. The van der Waals surface area contributed by atoms with Crippen LogP contribution in [0, 0.1) is 23.2 Å². The van der Waals surface area contributed by atoms with E-state index in [0.717, 1.165) is 11.3 Å². The van der Waals surface area contributed by atoms with Crippen molar-refractivity contribution in [2.45, 2.75) is 73.3 Å². The first-order chi connectivity index (χ1) is 14.2. The number of imide groups is 1. The lowest BCUT2D eigenvalue weighted by Crippen LogP contribution is -2.54. The molecule has 31 heavy (non-hydrogen) atoms. The molecule has 2 rings (SSSR count). The summed E-state index contributed by atoms with van der Waals surface area (Å²) in [4.78, 5) is 53.1. The van der Waals surface area contributed by atoms with E-state index < -0.39 is 30.7 Å². The summed E-state index contributed by atoms with van der Waals surface area (Å²) < 4.78 is 5.14. The minimum atomic E-state index is -0.959. The zero-order chi connectivity index (χ0) is 23.6. The molecule has 1 saturated heterocycles. The van der Waals surface area contributed by atoms with Gasteiger partial charge in [-0.1, -0.05) is 48.5 Å². The zero-order valence-electron chi connectivity index (χ0n) is 20.1. The van der Waals surface area contributed by atoms with Crippen molar-refractivity contribution in [3.8, 4) is 0 Å². The van der Waals surface area contributed by atoms with Crippen LogP contribution in [0.1, 0.15) is 67.7 Å². The van der Waals surface area contributed by atoms with E-state index in [-0.39, 0.29) is 23.1 Å². The van der Waals surface area contributed by atoms with Gasteiger partial charge < -0.3 is 15.0 Å². The average molecular weight is 438 g/mol. The highest BCUT2D eigenvalue weighted by Gasteiger charge is 2.56. The van der Waals surface area contributed by atoms with Gasteiger partial charge >= 0.3 is 12.0 Å². The smallest absolute Gasteiger partial charge is 0.326 e. The molecule has 0 aromatic carbocycles. The van der Waals surface area contributed by atoms with Gasteiger partial charge in [-0.2, -0.15) is 0 Å². The van der Waals surface area contributed by atoms with Gasteiger partial charge in [0.15, 0.2) is 6.61 Å². The number of nitrogens with zero attached hydrogens (tertiary/aromatic N) is 2. The molecule has 8 nitrogen and oxygen atoms in total. The second-order valence-electron chi connectivity index (χ2n) is 11.0. The first kappa shape index (κ1) is 25.1. The number of hydrogen-bond donors (Lipinski definition) is 1. The van der Waals surface area contributed by atoms with Gasteiger partial charge in [0.05, 0.1) is 0 Å². The molecule has 0 bridgehead atoms. The largest absolute Gasteiger partial charge is 0.454 e. The number of ether oxygens (including phenoxy) is 1. The highest BCUT2D eigenvalue weighted by atomic mass is 16.5. The maximum atomic E-state index is 13.1. The number of nitrogens with one attached hydrogen (secondary N) is 1. The molecule has 1 aliphatic heterocycles. The Kier molecular flexibility index (Phi) is 7.76. The van der Waals surface area contributed by atoms with Crippen molar-refractivity contribution in [3.05, 3.63) is 0 Å². The van der Waals surface area contributed by atoms with Crippen molar-refractivity contribution in [1.29, 1.82) is 0 Å². The highest BCUT2D eigenvalue weighted by molar-refractivity contribution is 6.08. The van der Waals surface area contributed by atoms with Crippen LogP contribution in [0.25, 0.3) is 0 Å². The van der Waals surface area contributed by atoms with E-state index in [1.807, 2.05) is 27.7 Å².